The Hall–Kier alpha value is -1.57. The number of fused-ring (bicyclic) bond motifs is 1. The van der Waals surface area contributed by atoms with Crippen LogP contribution in [0.3, 0.4) is 0 Å². The van der Waals surface area contributed by atoms with Gasteiger partial charge in [-0.05, 0) is 24.6 Å². The summed E-state index contributed by atoms with van der Waals surface area (Å²) in [5.74, 6) is 0.927. The van der Waals surface area contributed by atoms with Gasteiger partial charge in [-0.3, -0.25) is 0 Å². The summed E-state index contributed by atoms with van der Waals surface area (Å²) in [6.45, 7) is 2.10. The highest BCUT2D eigenvalue weighted by molar-refractivity contribution is 5.83. The van der Waals surface area contributed by atoms with Crippen LogP contribution in [0, 0.1) is 6.92 Å². The first-order valence-corrected chi connectivity index (χ1v) is 4.35. The van der Waals surface area contributed by atoms with Gasteiger partial charge < -0.3 is 5.32 Å². The summed E-state index contributed by atoms with van der Waals surface area (Å²) in [6.07, 6.45) is 0. The number of aromatic nitrogens is 1. The van der Waals surface area contributed by atoms with Crippen LogP contribution in [-0.4, -0.2) is 12.0 Å². The SMILES string of the molecule is CNc1cc(C)c2ccccc2n1. The molecular formula is C11H12N2. The van der Waals surface area contributed by atoms with Gasteiger partial charge in [-0.15, -0.1) is 0 Å². The molecule has 0 aliphatic carbocycles. The maximum Gasteiger partial charge on any atom is 0.126 e. The van der Waals surface area contributed by atoms with Crippen LogP contribution in [0.5, 0.6) is 0 Å². The predicted octanol–water partition coefficient (Wildman–Crippen LogP) is 2.58. The van der Waals surface area contributed by atoms with E-state index >= 15 is 0 Å². The smallest absolute Gasteiger partial charge is 0.126 e. The number of benzene rings is 1. The van der Waals surface area contributed by atoms with Gasteiger partial charge in [-0.1, -0.05) is 18.2 Å². The summed E-state index contributed by atoms with van der Waals surface area (Å²) in [4.78, 5) is 4.44. The van der Waals surface area contributed by atoms with E-state index in [1.807, 2.05) is 25.2 Å². The average molecular weight is 172 g/mol. The van der Waals surface area contributed by atoms with Gasteiger partial charge in [0.2, 0.25) is 0 Å². The standard InChI is InChI=1S/C11H12N2/c1-8-7-11(12-2)13-10-6-4-3-5-9(8)10/h3-7H,1-2H3,(H,12,13). The van der Waals surface area contributed by atoms with Crippen LogP contribution in [-0.2, 0) is 0 Å². The van der Waals surface area contributed by atoms with E-state index in [0.29, 0.717) is 0 Å². The number of aryl methyl sites for hydroxylation is 1. The van der Waals surface area contributed by atoms with Crippen molar-refractivity contribution in [2.75, 3.05) is 12.4 Å². The fourth-order valence-electron chi connectivity index (χ4n) is 1.48. The molecule has 1 aromatic heterocycles. The Bertz CT molecular complexity index is 435. The number of hydrogen-bond acceptors (Lipinski definition) is 2. The van der Waals surface area contributed by atoms with Crippen LogP contribution in [0.25, 0.3) is 10.9 Å². The number of para-hydroxylation sites is 1. The summed E-state index contributed by atoms with van der Waals surface area (Å²) in [5, 5.41) is 4.27. The lowest BCUT2D eigenvalue weighted by atomic mass is 10.1. The normalized spacial score (nSPS) is 10.3. The van der Waals surface area contributed by atoms with Crippen LogP contribution in [0.4, 0.5) is 5.82 Å². The highest BCUT2D eigenvalue weighted by Gasteiger charge is 1.99. The summed E-state index contributed by atoms with van der Waals surface area (Å²) in [6, 6.07) is 10.2. The highest BCUT2D eigenvalue weighted by atomic mass is 15.0. The molecule has 13 heavy (non-hydrogen) atoms. The van der Waals surface area contributed by atoms with E-state index in [2.05, 4.69) is 29.4 Å². The molecule has 1 heterocycles. The molecule has 2 aromatic rings. The molecule has 0 bridgehead atoms. The number of anilines is 1. The molecular weight excluding hydrogens is 160 g/mol. The minimum Gasteiger partial charge on any atom is -0.373 e. The van der Waals surface area contributed by atoms with Gasteiger partial charge in [0.15, 0.2) is 0 Å². The van der Waals surface area contributed by atoms with Crippen molar-refractivity contribution in [3.05, 3.63) is 35.9 Å². The van der Waals surface area contributed by atoms with E-state index in [1.165, 1.54) is 10.9 Å². The maximum atomic E-state index is 4.44. The number of nitrogens with one attached hydrogen (secondary N) is 1. The van der Waals surface area contributed by atoms with Gasteiger partial charge in [0.25, 0.3) is 0 Å². The van der Waals surface area contributed by atoms with E-state index < -0.39 is 0 Å². The van der Waals surface area contributed by atoms with Crippen molar-refractivity contribution in [1.29, 1.82) is 0 Å². The number of pyridine rings is 1. The predicted molar refractivity (Wildman–Crippen MR) is 56.0 cm³/mol. The highest BCUT2D eigenvalue weighted by Crippen LogP contribution is 2.18. The molecule has 0 amide bonds. The molecule has 2 heteroatoms. The van der Waals surface area contributed by atoms with Crippen LogP contribution in [0.1, 0.15) is 5.56 Å². The van der Waals surface area contributed by atoms with Crippen molar-refractivity contribution in [2.45, 2.75) is 6.92 Å². The zero-order valence-electron chi connectivity index (χ0n) is 7.83. The topological polar surface area (TPSA) is 24.9 Å². The largest absolute Gasteiger partial charge is 0.373 e. The second-order valence-electron chi connectivity index (χ2n) is 3.09. The van der Waals surface area contributed by atoms with Crippen molar-refractivity contribution >= 4 is 16.7 Å². The molecule has 0 aliphatic rings. The Kier molecular flexibility index (Phi) is 1.89. The zero-order valence-corrected chi connectivity index (χ0v) is 7.83. The van der Waals surface area contributed by atoms with Gasteiger partial charge in [-0.25, -0.2) is 4.98 Å². The average Bonchev–Trinajstić information content (AvgIpc) is 2.18. The molecule has 2 nitrogen and oxygen atoms in total. The first-order valence-electron chi connectivity index (χ1n) is 4.35. The minimum atomic E-state index is 0.927. The van der Waals surface area contributed by atoms with Crippen LogP contribution < -0.4 is 5.32 Å². The molecule has 0 fully saturated rings. The summed E-state index contributed by atoms with van der Waals surface area (Å²) >= 11 is 0. The zero-order chi connectivity index (χ0) is 9.26. The molecule has 0 atom stereocenters. The first-order chi connectivity index (χ1) is 6.31. The Labute approximate surface area is 77.6 Å². The fraction of sp³-hybridized carbons (Fsp3) is 0.182. The molecule has 1 N–H and O–H groups in total. The second-order valence-corrected chi connectivity index (χ2v) is 3.09. The van der Waals surface area contributed by atoms with E-state index in [-0.39, 0.29) is 0 Å². The van der Waals surface area contributed by atoms with Gasteiger partial charge in [0.05, 0.1) is 5.52 Å². The van der Waals surface area contributed by atoms with Crippen molar-refractivity contribution in [1.82, 2.24) is 4.98 Å². The summed E-state index contributed by atoms with van der Waals surface area (Å²) in [7, 11) is 1.89. The molecule has 66 valence electrons. The third-order valence-electron chi connectivity index (χ3n) is 2.18. The molecule has 0 unspecified atom stereocenters. The lowest BCUT2D eigenvalue weighted by Gasteiger charge is -2.04. The Balaban J connectivity index is 2.77. The van der Waals surface area contributed by atoms with Gasteiger partial charge >= 0.3 is 0 Å². The maximum absolute atomic E-state index is 4.44. The molecule has 0 spiro atoms. The van der Waals surface area contributed by atoms with Gasteiger partial charge in [0.1, 0.15) is 5.82 Å². The monoisotopic (exact) mass is 172 g/mol. The third kappa shape index (κ3) is 1.35. The first kappa shape index (κ1) is 8.05. The van der Waals surface area contributed by atoms with Gasteiger partial charge in [0, 0.05) is 12.4 Å². The van der Waals surface area contributed by atoms with Crippen molar-refractivity contribution in [3.8, 4) is 0 Å². The number of nitrogens with zero attached hydrogens (tertiary/aromatic N) is 1. The Morgan fingerprint density at radius 2 is 2.00 bits per heavy atom. The van der Waals surface area contributed by atoms with Crippen LogP contribution in [0.15, 0.2) is 30.3 Å². The number of rotatable bonds is 1. The van der Waals surface area contributed by atoms with Crippen molar-refractivity contribution in [3.63, 3.8) is 0 Å². The quantitative estimate of drug-likeness (QED) is 0.715. The van der Waals surface area contributed by atoms with Crippen molar-refractivity contribution in [2.24, 2.45) is 0 Å². The molecule has 0 aliphatic heterocycles. The van der Waals surface area contributed by atoms with Gasteiger partial charge in [-0.2, -0.15) is 0 Å². The second kappa shape index (κ2) is 3.05. The van der Waals surface area contributed by atoms with Crippen LogP contribution >= 0.6 is 0 Å². The molecule has 0 radical (unpaired) electrons. The van der Waals surface area contributed by atoms with E-state index in [4.69, 9.17) is 0 Å². The molecule has 1 aromatic carbocycles. The van der Waals surface area contributed by atoms with E-state index in [1.54, 1.807) is 0 Å². The van der Waals surface area contributed by atoms with Crippen molar-refractivity contribution < 1.29 is 0 Å². The lowest BCUT2D eigenvalue weighted by molar-refractivity contribution is 1.32. The Morgan fingerprint density at radius 3 is 2.77 bits per heavy atom. The number of hydrogen-bond donors (Lipinski definition) is 1. The molecule has 0 saturated heterocycles. The lowest BCUT2D eigenvalue weighted by Crippen LogP contribution is -1.93. The molecule has 2 rings (SSSR count). The third-order valence-corrected chi connectivity index (χ3v) is 2.18. The summed E-state index contributed by atoms with van der Waals surface area (Å²) in [5.41, 5.74) is 2.31. The fourth-order valence-corrected chi connectivity index (χ4v) is 1.48. The Morgan fingerprint density at radius 1 is 1.23 bits per heavy atom. The summed E-state index contributed by atoms with van der Waals surface area (Å²) < 4.78 is 0. The van der Waals surface area contributed by atoms with E-state index in [0.717, 1.165) is 11.3 Å². The van der Waals surface area contributed by atoms with E-state index in [9.17, 15) is 0 Å². The van der Waals surface area contributed by atoms with Crippen LogP contribution in [0.2, 0.25) is 0 Å². The molecule has 0 saturated carbocycles. The minimum absolute atomic E-state index is 0.927.